The first-order chi connectivity index (χ1) is 16.7. The van der Waals surface area contributed by atoms with Gasteiger partial charge in [-0.1, -0.05) is 35.9 Å². The van der Waals surface area contributed by atoms with Gasteiger partial charge < -0.3 is 0 Å². The molecule has 0 saturated heterocycles. The number of allylic oxidation sites excluding steroid dienone is 2. The van der Waals surface area contributed by atoms with E-state index >= 15 is 0 Å². The highest BCUT2D eigenvalue weighted by Gasteiger charge is 2.28. The molecule has 1 fully saturated rings. The minimum Gasteiger partial charge on any atom is -0.272 e. The number of hydrazine groups is 1. The third-order valence-corrected chi connectivity index (χ3v) is 7.25. The largest absolute Gasteiger partial charge is 0.272 e. The molecule has 4 rings (SSSR count). The van der Waals surface area contributed by atoms with E-state index < -0.39 is 10.0 Å². The van der Waals surface area contributed by atoms with Crippen LogP contribution in [0.3, 0.4) is 0 Å². The molecule has 2 N–H and O–H groups in total. The minimum absolute atomic E-state index is 0.0365. The van der Waals surface area contributed by atoms with Crippen LogP contribution in [-0.4, -0.2) is 39.0 Å². The zero-order valence-corrected chi connectivity index (χ0v) is 20.5. The van der Waals surface area contributed by atoms with Crippen LogP contribution in [0.15, 0.2) is 82.2 Å². The number of benzene rings is 2. The van der Waals surface area contributed by atoms with Gasteiger partial charge in [-0.15, -0.1) is 0 Å². The van der Waals surface area contributed by atoms with E-state index in [2.05, 4.69) is 15.1 Å². The first-order valence-corrected chi connectivity index (χ1v) is 12.9. The number of amides is 2. The molecular formula is C26H28N4O4S. The summed E-state index contributed by atoms with van der Waals surface area (Å²) in [5, 5.41) is 1.47. The van der Waals surface area contributed by atoms with Crippen LogP contribution in [0.2, 0.25) is 0 Å². The molecule has 0 bridgehead atoms. The molecule has 0 heterocycles. The molecule has 0 radical (unpaired) electrons. The number of carbonyl (C=O) groups is 2. The monoisotopic (exact) mass is 492 g/mol. The quantitative estimate of drug-likeness (QED) is 0.551. The summed E-state index contributed by atoms with van der Waals surface area (Å²) in [6.45, 7) is 1.98. The van der Waals surface area contributed by atoms with Gasteiger partial charge in [0, 0.05) is 30.8 Å². The predicted molar refractivity (Wildman–Crippen MR) is 135 cm³/mol. The number of anilines is 1. The second-order valence-corrected chi connectivity index (χ2v) is 10.3. The molecule has 2 aromatic rings. The predicted octanol–water partition coefficient (Wildman–Crippen LogP) is 3.00. The van der Waals surface area contributed by atoms with Crippen molar-refractivity contribution in [1.29, 1.82) is 0 Å². The molecule has 9 heteroatoms. The smallest absolute Gasteiger partial charge is 0.272 e. The van der Waals surface area contributed by atoms with E-state index in [-0.39, 0.29) is 29.2 Å². The Bertz CT molecular complexity index is 1310. The molecule has 2 aromatic carbocycles. The van der Waals surface area contributed by atoms with Gasteiger partial charge in [-0.2, -0.15) is 0 Å². The number of nitrogens with zero attached hydrogens (tertiary/aromatic N) is 2. The maximum Gasteiger partial charge on any atom is 0.272 e. The lowest BCUT2D eigenvalue weighted by Crippen LogP contribution is -2.41. The fraction of sp³-hybridized carbons (Fsp3) is 0.269. The van der Waals surface area contributed by atoms with Crippen molar-refractivity contribution in [3.63, 3.8) is 0 Å². The lowest BCUT2D eigenvalue weighted by atomic mass is 10.0. The van der Waals surface area contributed by atoms with Crippen molar-refractivity contribution in [3.8, 4) is 0 Å². The summed E-state index contributed by atoms with van der Waals surface area (Å²) in [5.41, 5.74) is 6.49. The van der Waals surface area contributed by atoms with Crippen molar-refractivity contribution in [2.24, 2.45) is 4.99 Å². The summed E-state index contributed by atoms with van der Waals surface area (Å²) in [6.07, 6.45) is 7.23. The van der Waals surface area contributed by atoms with E-state index in [9.17, 15) is 18.0 Å². The van der Waals surface area contributed by atoms with Gasteiger partial charge in [-0.25, -0.2) is 28.6 Å². The van der Waals surface area contributed by atoms with Crippen molar-refractivity contribution in [2.45, 2.75) is 43.5 Å². The van der Waals surface area contributed by atoms with Crippen molar-refractivity contribution in [3.05, 3.63) is 83.5 Å². The second kappa shape index (κ2) is 10.5. The van der Waals surface area contributed by atoms with E-state index in [0.717, 1.165) is 24.1 Å². The Balaban J connectivity index is 1.35. The standard InChI is InChI=1S/C26H28N4O4S/c1-18-3-13-23(14-4-18)30(27-2)26(32)20-7-9-21(10-8-20)28-25(31)17-19-5-15-24(16-6-19)35(33,34)29-22-11-12-22/h3-9,13-16,22,27,29H,10-12,17H2,1-2H3. The molecule has 0 spiro atoms. The molecule has 2 amide bonds. The molecule has 0 atom stereocenters. The molecule has 182 valence electrons. The van der Waals surface area contributed by atoms with Gasteiger partial charge in [-0.3, -0.25) is 9.59 Å². The topological polar surface area (TPSA) is 108 Å². The highest BCUT2D eigenvalue weighted by Crippen LogP contribution is 2.22. The number of sulfonamides is 1. The Labute approximate surface area is 205 Å². The molecule has 1 saturated carbocycles. The number of rotatable bonds is 8. The van der Waals surface area contributed by atoms with Crippen molar-refractivity contribution in [2.75, 3.05) is 12.1 Å². The number of nitrogens with one attached hydrogen (secondary N) is 2. The van der Waals surface area contributed by atoms with E-state index in [0.29, 0.717) is 23.3 Å². The van der Waals surface area contributed by atoms with E-state index in [4.69, 9.17) is 0 Å². The van der Waals surface area contributed by atoms with Crippen LogP contribution >= 0.6 is 0 Å². The average molecular weight is 493 g/mol. The number of hydrogen-bond acceptors (Lipinski definition) is 5. The van der Waals surface area contributed by atoms with Crippen LogP contribution in [0, 0.1) is 6.92 Å². The van der Waals surface area contributed by atoms with Gasteiger partial charge in [-0.05, 0) is 61.7 Å². The second-order valence-electron chi connectivity index (χ2n) is 8.61. The zero-order valence-electron chi connectivity index (χ0n) is 19.7. The van der Waals surface area contributed by atoms with Crippen molar-refractivity contribution >= 4 is 33.2 Å². The molecular weight excluding hydrogens is 464 g/mol. The Morgan fingerprint density at radius 3 is 2.29 bits per heavy atom. The molecule has 2 aliphatic rings. The highest BCUT2D eigenvalue weighted by atomic mass is 32.2. The third-order valence-electron chi connectivity index (χ3n) is 5.71. The highest BCUT2D eigenvalue weighted by molar-refractivity contribution is 7.89. The first kappa shape index (κ1) is 24.7. The van der Waals surface area contributed by atoms with Crippen LogP contribution in [0.1, 0.15) is 30.4 Å². The van der Waals surface area contributed by atoms with Crippen LogP contribution < -0.4 is 15.2 Å². The fourth-order valence-corrected chi connectivity index (χ4v) is 4.90. The third kappa shape index (κ3) is 6.39. The summed E-state index contributed by atoms with van der Waals surface area (Å²) < 4.78 is 27.2. The lowest BCUT2D eigenvalue weighted by Gasteiger charge is -2.22. The van der Waals surface area contributed by atoms with E-state index in [1.807, 2.05) is 31.2 Å². The van der Waals surface area contributed by atoms with Crippen molar-refractivity contribution in [1.82, 2.24) is 10.1 Å². The van der Waals surface area contributed by atoms with Gasteiger partial charge >= 0.3 is 0 Å². The van der Waals surface area contributed by atoms with Gasteiger partial charge in [0.1, 0.15) is 0 Å². The average Bonchev–Trinajstić information content (AvgIpc) is 3.65. The number of aryl methyl sites for hydroxylation is 1. The lowest BCUT2D eigenvalue weighted by molar-refractivity contribution is -0.117. The molecule has 0 aromatic heterocycles. The summed E-state index contributed by atoms with van der Waals surface area (Å²) in [7, 11) is -1.84. The van der Waals surface area contributed by atoms with Gasteiger partial charge in [0.2, 0.25) is 15.9 Å². The van der Waals surface area contributed by atoms with Crippen LogP contribution in [0.25, 0.3) is 0 Å². The number of hydrogen-bond donors (Lipinski definition) is 2. The minimum atomic E-state index is -3.52. The molecule has 0 unspecified atom stereocenters. The van der Waals surface area contributed by atoms with Crippen LogP contribution in [-0.2, 0) is 26.0 Å². The molecule has 8 nitrogen and oxygen atoms in total. The maximum absolute atomic E-state index is 12.9. The Hall–Kier alpha value is -3.40. The first-order valence-electron chi connectivity index (χ1n) is 11.4. The normalized spacial score (nSPS) is 16.7. The van der Waals surface area contributed by atoms with Gasteiger partial charge in [0.25, 0.3) is 5.91 Å². The zero-order chi connectivity index (χ0) is 25.0. The van der Waals surface area contributed by atoms with Crippen molar-refractivity contribution < 1.29 is 18.0 Å². The van der Waals surface area contributed by atoms with E-state index in [1.54, 1.807) is 37.4 Å². The van der Waals surface area contributed by atoms with Crippen LogP contribution in [0.5, 0.6) is 0 Å². The Morgan fingerprint density at radius 1 is 1.03 bits per heavy atom. The van der Waals surface area contributed by atoms with E-state index in [1.165, 1.54) is 17.1 Å². The number of carbonyl (C=O) groups excluding carboxylic acids is 2. The summed E-state index contributed by atoms with van der Waals surface area (Å²) in [5.74, 6) is -0.541. The fourth-order valence-electron chi connectivity index (χ4n) is 3.60. The summed E-state index contributed by atoms with van der Waals surface area (Å²) >= 11 is 0. The summed E-state index contributed by atoms with van der Waals surface area (Å²) in [6, 6.07) is 13.9. The van der Waals surface area contributed by atoms with Gasteiger partial charge in [0.15, 0.2) is 0 Å². The molecule has 35 heavy (non-hydrogen) atoms. The number of aliphatic imine (C=N–C) groups is 1. The Kier molecular flexibility index (Phi) is 7.39. The SMILES string of the molecule is CNN(C(=O)C1=CCC(=NC(=O)Cc2ccc(S(=O)(=O)NC3CC3)cc2)C=C1)c1ccc(C)cc1. The van der Waals surface area contributed by atoms with Gasteiger partial charge in [0.05, 0.1) is 17.0 Å². The maximum atomic E-state index is 12.9. The molecule has 2 aliphatic carbocycles. The van der Waals surface area contributed by atoms with Crippen LogP contribution in [0.4, 0.5) is 5.69 Å². The molecule has 0 aliphatic heterocycles. The summed E-state index contributed by atoms with van der Waals surface area (Å²) in [4.78, 5) is 29.7. The Morgan fingerprint density at radius 2 is 1.71 bits per heavy atom.